The molecule has 1 nitrogen and oxygen atoms in total. The van der Waals surface area contributed by atoms with Crippen molar-refractivity contribution in [1.82, 2.24) is 4.98 Å². The highest BCUT2D eigenvalue weighted by atomic mass is 28.3. The maximum Gasteiger partial charge on any atom is 0.0803 e. The molecule has 1 aromatic carbocycles. The predicted octanol–water partition coefficient (Wildman–Crippen LogP) is 2.71. The average Bonchev–Trinajstić information content (AvgIpc) is 2.45. The quantitative estimate of drug-likeness (QED) is 0.664. The lowest BCUT2D eigenvalue weighted by atomic mass is 10.2. The lowest BCUT2D eigenvalue weighted by Gasteiger charge is -2.14. The third-order valence-electron chi connectivity index (χ3n) is 2.40. The number of hydrogen-bond acceptors (Lipinski definition) is 0. The summed E-state index contributed by atoms with van der Waals surface area (Å²) in [4.78, 5) is 3.33. The van der Waals surface area contributed by atoms with Gasteiger partial charge in [-0.25, -0.2) is 0 Å². The summed E-state index contributed by atoms with van der Waals surface area (Å²) in [5.41, 5.74) is 1.26. The van der Waals surface area contributed by atoms with Crippen LogP contribution in [0.15, 0.2) is 30.5 Å². The fourth-order valence-corrected chi connectivity index (χ4v) is 3.22. The Kier molecular flexibility index (Phi) is 1.80. The Morgan fingerprint density at radius 3 is 2.46 bits per heavy atom. The molecule has 0 saturated carbocycles. The Bertz CT molecular complexity index is 423. The summed E-state index contributed by atoms with van der Waals surface area (Å²) in [5.74, 6) is 0. The zero-order valence-electron chi connectivity index (χ0n) is 8.39. The molecule has 2 heteroatoms. The van der Waals surface area contributed by atoms with Crippen molar-refractivity contribution in [3.05, 3.63) is 30.5 Å². The Labute approximate surface area is 79.8 Å². The molecule has 0 fully saturated rings. The highest BCUT2D eigenvalue weighted by Gasteiger charge is 2.19. The van der Waals surface area contributed by atoms with E-state index >= 15 is 0 Å². The first-order chi connectivity index (χ1) is 6.09. The van der Waals surface area contributed by atoms with Gasteiger partial charge in [0.15, 0.2) is 0 Å². The van der Waals surface area contributed by atoms with Gasteiger partial charge in [0, 0.05) is 11.7 Å². The molecule has 0 aliphatic rings. The molecule has 68 valence electrons. The number of hydrogen-bond donors (Lipinski definition) is 1. The predicted molar refractivity (Wildman–Crippen MR) is 61.3 cm³/mol. The molecule has 0 saturated heterocycles. The molecule has 0 aliphatic carbocycles. The maximum atomic E-state index is 3.33. The van der Waals surface area contributed by atoms with Gasteiger partial charge in [0.2, 0.25) is 0 Å². The van der Waals surface area contributed by atoms with Gasteiger partial charge in [0.25, 0.3) is 0 Å². The number of nitrogens with one attached hydrogen (secondary N) is 1. The molecule has 13 heavy (non-hydrogen) atoms. The number of benzene rings is 1. The SMILES string of the molecule is C[Si](C)(C)c1c[nH]c2ccccc12. The summed E-state index contributed by atoms with van der Waals surface area (Å²) >= 11 is 0. The van der Waals surface area contributed by atoms with E-state index in [9.17, 15) is 0 Å². The second-order valence-electron chi connectivity index (χ2n) is 4.50. The minimum Gasteiger partial charge on any atom is -0.361 e. The molecule has 2 rings (SSSR count). The molecule has 0 bridgehead atoms. The third-order valence-corrected chi connectivity index (χ3v) is 4.43. The molecule has 0 spiro atoms. The van der Waals surface area contributed by atoms with Gasteiger partial charge in [-0.1, -0.05) is 37.8 Å². The van der Waals surface area contributed by atoms with Crippen molar-refractivity contribution in [2.24, 2.45) is 0 Å². The van der Waals surface area contributed by atoms with Crippen LogP contribution in [0.5, 0.6) is 0 Å². The molecular weight excluding hydrogens is 174 g/mol. The first kappa shape index (κ1) is 8.57. The van der Waals surface area contributed by atoms with Gasteiger partial charge in [-0.15, -0.1) is 0 Å². The van der Waals surface area contributed by atoms with Crippen LogP contribution in [0.4, 0.5) is 0 Å². The van der Waals surface area contributed by atoms with E-state index in [4.69, 9.17) is 0 Å². The van der Waals surface area contributed by atoms with Crippen LogP contribution in [0.2, 0.25) is 19.6 Å². The van der Waals surface area contributed by atoms with Gasteiger partial charge in [0.05, 0.1) is 8.07 Å². The van der Waals surface area contributed by atoms with Crippen LogP contribution in [0.3, 0.4) is 0 Å². The second-order valence-corrected chi connectivity index (χ2v) is 9.54. The zero-order valence-corrected chi connectivity index (χ0v) is 9.39. The van der Waals surface area contributed by atoms with E-state index in [1.165, 1.54) is 16.1 Å². The van der Waals surface area contributed by atoms with Crippen LogP contribution in [0.25, 0.3) is 10.9 Å². The Balaban J connectivity index is 2.72. The van der Waals surface area contributed by atoms with Gasteiger partial charge in [0.1, 0.15) is 0 Å². The zero-order chi connectivity index (χ0) is 9.47. The fraction of sp³-hybridized carbons (Fsp3) is 0.273. The Morgan fingerprint density at radius 1 is 1.08 bits per heavy atom. The van der Waals surface area contributed by atoms with E-state index in [1.807, 2.05) is 0 Å². The molecule has 0 amide bonds. The second kappa shape index (κ2) is 2.74. The van der Waals surface area contributed by atoms with Crippen LogP contribution in [-0.4, -0.2) is 13.1 Å². The van der Waals surface area contributed by atoms with E-state index < -0.39 is 8.07 Å². The van der Waals surface area contributed by atoms with E-state index in [2.05, 4.69) is 55.1 Å². The van der Waals surface area contributed by atoms with E-state index in [-0.39, 0.29) is 0 Å². The van der Waals surface area contributed by atoms with Crippen molar-refractivity contribution in [2.45, 2.75) is 19.6 Å². The highest BCUT2D eigenvalue weighted by Crippen LogP contribution is 2.13. The number of fused-ring (bicyclic) bond motifs is 1. The molecule has 0 unspecified atom stereocenters. The monoisotopic (exact) mass is 189 g/mol. The van der Waals surface area contributed by atoms with Gasteiger partial charge >= 0.3 is 0 Å². The third kappa shape index (κ3) is 1.42. The topological polar surface area (TPSA) is 15.8 Å². The minimum atomic E-state index is -1.18. The minimum absolute atomic E-state index is 1.18. The van der Waals surface area contributed by atoms with Crippen LogP contribution < -0.4 is 5.19 Å². The Morgan fingerprint density at radius 2 is 1.77 bits per heavy atom. The summed E-state index contributed by atoms with van der Waals surface area (Å²) < 4.78 is 0. The average molecular weight is 189 g/mol. The molecular formula is C11H15NSi. The standard InChI is InChI=1S/C11H15NSi/c1-13(2,3)11-8-12-10-7-5-4-6-9(10)11/h4-8,12H,1-3H3. The van der Waals surface area contributed by atoms with Gasteiger partial charge in [-0.2, -0.15) is 0 Å². The van der Waals surface area contributed by atoms with Crippen molar-refractivity contribution < 1.29 is 0 Å². The van der Waals surface area contributed by atoms with Crippen molar-refractivity contribution in [3.8, 4) is 0 Å². The largest absolute Gasteiger partial charge is 0.361 e. The maximum absolute atomic E-state index is 3.33. The van der Waals surface area contributed by atoms with Gasteiger partial charge < -0.3 is 4.98 Å². The first-order valence-electron chi connectivity index (χ1n) is 4.65. The van der Waals surface area contributed by atoms with Crippen LogP contribution in [-0.2, 0) is 0 Å². The molecule has 1 N–H and O–H groups in total. The molecule has 0 aliphatic heterocycles. The summed E-state index contributed by atoms with van der Waals surface area (Å²) in [6.45, 7) is 7.13. The summed E-state index contributed by atoms with van der Waals surface area (Å²) in [7, 11) is -1.18. The summed E-state index contributed by atoms with van der Waals surface area (Å²) in [5, 5.41) is 2.93. The number of para-hydroxylation sites is 1. The Hall–Kier alpha value is -1.02. The molecule has 0 atom stereocenters. The molecule has 0 radical (unpaired) electrons. The molecule has 1 heterocycles. The molecule has 1 aromatic heterocycles. The smallest absolute Gasteiger partial charge is 0.0803 e. The number of rotatable bonds is 1. The normalized spacial score (nSPS) is 12.2. The van der Waals surface area contributed by atoms with Crippen molar-refractivity contribution in [3.63, 3.8) is 0 Å². The van der Waals surface area contributed by atoms with Crippen LogP contribution in [0, 0.1) is 0 Å². The number of H-pyrrole nitrogens is 1. The number of aromatic amines is 1. The fourth-order valence-electron chi connectivity index (χ4n) is 1.69. The lowest BCUT2D eigenvalue weighted by molar-refractivity contribution is 1.48. The van der Waals surface area contributed by atoms with Crippen molar-refractivity contribution in [2.75, 3.05) is 0 Å². The van der Waals surface area contributed by atoms with Gasteiger partial charge in [-0.3, -0.25) is 0 Å². The van der Waals surface area contributed by atoms with Crippen molar-refractivity contribution in [1.29, 1.82) is 0 Å². The van der Waals surface area contributed by atoms with E-state index in [1.54, 1.807) is 0 Å². The highest BCUT2D eigenvalue weighted by molar-refractivity contribution is 6.90. The van der Waals surface area contributed by atoms with E-state index in [0.29, 0.717) is 0 Å². The summed E-state index contributed by atoms with van der Waals surface area (Å²) in [6, 6.07) is 8.53. The number of aromatic nitrogens is 1. The van der Waals surface area contributed by atoms with Gasteiger partial charge in [-0.05, 0) is 16.6 Å². The van der Waals surface area contributed by atoms with Crippen LogP contribution >= 0.6 is 0 Å². The first-order valence-corrected chi connectivity index (χ1v) is 8.15. The molecule has 2 aromatic rings. The summed E-state index contributed by atoms with van der Waals surface area (Å²) in [6.07, 6.45) is 2.18. The van der Waals surface area contributed by atoms with Crippen LogP contribution in [0.1, 0.15) is 0 Å². The lowest BCUT2D eigenvalue weighted by Crippen LogP contribution is -2.36. The van der Waals surface area contributed by atoms with Crippen molar-refractivity contribution >= 4 is 24.2 Å². The van der Waals surface area contributed by atoms with E-state index in [0.717, 1.165) is 0 Å².